The van der Waals surface area contributed by atoms with Crippen LogP contribution in [0.4, 0.5) is 8.78 Å². The van der Waals surface area contributed by atoms with Crippen LogP contribution < -0.4 is 0 Å². The van der Waals surface area contributed by atoms with E-state index in [0.29, 0.717) is 12.8 Å². The van der Waals surface area contributed by atoms with Gasteiger partial charge in [-0.05, 0) is 25.3 Å². The van der Waals surface area contributed by atoms with Crippen molar-refractivity contribution in [3.8, 4) is 0 Å². The van der Waals surface area contributed by atoms with E-state index in [-0.39, 0.29) is 13.0 Å². The second-order valence-corrected chi connectivity index (χ2v) is 4.13. The number of esters is 1. The van der Waals surface area contributed by atoms with Gasteiger partial charge in [0.1, 0.15) is 0 Å². The molecule has 1 rings (SSSR count). The highest BCUT2D eigenvalue weighted by molar-refractivity contribution is 5.69. The Morgan fingerprint density at radius 2 is 1.94 bits per heavy atom. The van der Waals surface area contributed by atoms with Gasteiger partial charge in [0.2, 0.25) is 6.43 Å². The predicted molar refractivity (Wildman–Crippen MR) is 65.5 cm³/mol. The Hall–Kier alpha value is -1.45. The van der Waals surface area contributed by atoms with Crippen LogP contribution in [-0.4, -0.2) is 19.0 Å². The molecule has 0 heterocycles. The van der Waals surface area contributed by atoms with Crippen molar-refractivity contribution in [1.82, 2.24) is 0 Å². The Bertz CT molecular complexity index is 352. The topological polar surface area (TPSA) is 26.3 Å². The zero-order valence-corrected chi connectivity index (χ0v) is 10.4. The number of carbonyl (C=O) groups excluding carboxylic acids is 1. The molecule has 0 saturated carbocycles. The van der Waals surface area contributed by atoms with Crippen LogP contribution >= 0.6 is 0 Å². The van der Waals surface area contributed by atoms with Gasteiger partial charge in [0, 0.05) is 5.92 Å². The smallest absolute Gasteiger partial charge is 0.306 e. The zero-order chi connectivity index (χ0) is 13.4. The van der Waals surface area contributed by atoms with E-state index in [2.05, 4.69) is 0 Å². The Morgan fingerprint density at radius 1 is 1.28 bits per heavy atom. The Morgan fingerprint density at radius 3 is 2.50 bits per heavy atom. The lowest BCUT2D eigenvalue weighted by Gasteiger charge is -2.15. The van der Waals surface area contributed by atoms with E-state index in [4.69, 9.17) is 4.74 Å². The minimum absolute atomic E-state index is 0.210. The number of hydrogen-bond donors (Lipinski definition) is 0. The summed E-state index contributed by atoms with van der Waals surface area (Å²) in [6, 6.07) is 9.42. The quantitative estimate of drug-likeness (QED) is 0.698. The molecular formula is C14H18F2O2. The third-order valence-corrected chi connectivity index (χ3v) is 2.74. The van der Waals surface area contributed by atoms with Gasteiger partial charge in [-0.1, -0.05) is 30.3 Å². The van der Waals surface area contributed by atoms with E-state index in [1.54, 1.807) is 6.92 Å². The van der Waals surface area contributed by atoms with E-state index in [9.17, 15) is 13.6 Å². The summed E-state index contributed by atoms with van der Waals surface area (Å²) < 4.78 is 30.3. The van der Waals surface area contributed by atoms with Gasteiger partial charge in [0.25, 0.3) is 0 Å². The number of rotatable bonds is 7. The fraction of sp³-hybridized carbons (Fsp3) is 0.500. The molecule has 0 bridgehead atoms. The highest BCUT2D eigenvalue weighted by atomic mass is 19.3. The highest BCUT2D eigenvalue weighted by Gasteiger charge is 2.23. The summed E-state index contributed by atoms with van der Waals surface area (Å²) in [4.78, 5) is 11.2. The van der Waals surface area contributed by atoms with Gasteiger partial charge in [-0.2, -0.15) is 0 Å². The molecule has 0 aliphatic heterocycles. The van der Waals surface area contributed by atoms with Crippen molar-refractivity contribution >= 4 is 5.97 Å². The molecule has 1 aromatic carbocycles. The molecule has 0 saturated heterocycles. The molecule has 1 aromatic rings. The van der Waals surface area contributed by atoms with Crippen LogP contribution in [0.15, 0.2) is 30.3 Å². The summed E-state index contributed by atoms with van der Waals surface area (Å²) >= 11 is 0. The van der Waals surface area contributed by atoms with Crippen molar-refractivity contribution in [2.75, 3.05) is 6.61 Å². The van der Waals surface area contributed by atoms with E-state index in [1.165, 1.54) is 0 Å². The van der Waals surface area contributed by atoms with E-state index in [0.717, 1.165) is 5.56 Å². The minimum atomic E-state index is -2.49. The average molecular weight is 256 g/mol. The average Bonchev–Trinajstić information content (AvgIpc) is 2.35. The molecule has 0 unspecified atom stereocenters. The first-order chi connectivity index (χ1) is 8.63. The SMILES string of the molecule is CCOC(=O)C[C@H](CCc1ccccc1)C(F)F. The molecule has 100 valence electrons. The second kappa shape index (κ2) is 7.80. The van der Waals surface area contributed by atoms with Gasteiger partial charge in [0.05, 0.1) is 13.0 Å². The second-order valence-electron chi connectivity index (χ2n) is 4.13. The molecule has 4 heteroatoms. The van der Waals surface area contributed by atoms with Crippen molar-refractivity contribution in [1.29, 1.82) is 0 Å². The maximum atomic E-state index is 12.8. The predicted octanol–water partition coefficient (Wildman–Crippen LogP) is 3.45. The maximum Gasteiger partial charge on any atom is 0.306 e. The van der Waals surface area contributed by atoms with Gasteiger partial charge < -0.3 is 4.74 Å². The number of alkyl halides is 2. The first-order valence-electron chi connectivity index (χ1n) is 6.11. The van der Waals surface area contributed by atoms with Gasteiger partial charge in [0.15, 0.2) is 0 Å². The lowest BCUT2D eigenvalue weighted by atomic mass is 9.97. The number of hydrogen-bond acceptors (Lipinski definition) is 2. The molecule has 0 radical (unpaired) electrons. The molecule has 0 N–H and O–H groups in total. The highest BCUT2D eigenvalue weighted by Crippen LogP contribution is 2.21. The van der Waals surface area contributed by atoms with Gasteiger partial charge >= 0.3 is 5.97 Å². The summed E-state index contributed by atoms with van der Waals surface area (Å²) in [6.07, 6.45) is -1.85. The number of aryl methyl sites for hydroxylation is 1. The first kappa shape index (κ1) is 14.6. The van der Waals surface area contributed by atoms with Crippen LogP contribution in [0.5, 0.6) is 0 Å². The monoisotopic (exact) mass is 256 g/mol. The lowest BCUT2D eigenvalue weighted by molar-refractivity contribution is -0.145. The van der Waals surface area contributed by atoms with Crippen molar-refractivity contribution in [3.63, 3.8) is 0 Å². The molecule has 0 aromatic heterocycles. The fourth-order valence-corrected chi connectivity index (χ4v) is 1.75. The fourth-order valence-electron chi connectivity index (χ4n) is 1.75. The van der Waals surface area contributed by atoms with E-state index in [1.807, 2.05) is 30.3 Å². The van der Waals surface area contributed by atoms with Crippen molar-refractivity contribution < 1.29 is 18.3 Å². The summed E-state index contributed by atoms with van der Waals surface area (Å²) in [7, 11) is 0. The van der Waals surface area contributed by atoms with Crippen LogP contribution in [0.3, 0.4) is 0 Å². The molecule has 0 spiro atoms. The largest absolute Gasteiger partial charge is 0.466 e. The van der Waals surface area contributed by atoms with Crippen LogP contribution in [0.1, 0.15) is 25.3 Å². The van der Waals surface area contributed by atoms with Crippen LogP contribution in [0, 0.1) is 5.92 Å². The summed E-state index contributed by atoms with van der Waals surface area (Å²) in [5.74, 6) is -1.47. The molecule has 18 heavy (non-hydrogen) atoms. The van der Waals surface area contributed by atoms with Crippen LogP contribution in [-0.2, 0) is 16.0 Å². The summed E-state index contributed by atoms with van der Waals surface area (Å²) in [5.41, 5.74) is 1.01. The summed E-state index contributed by atoms with van der Waals surface area (Å²) in [6.45, 7) is 1.90. The van der Waals surface area contributed by atoms with E-state index >= 15 is 0 Å². The number of benzene rings is 1. The molecule has 0 aliphatic rings. The normalized spacial score (nSPS) is 12.4. The van der Waals surface area contributed by atoms with Gasteiger partial charge in [-0.15, -0.1) is 0 Å². The Labute approximate surface area is 106 Å². The number of halogens is 2. The van der Waals surface area contributed by atoms with Crippen molar-refractivity contribution in [3.05, 3.63) is 35.9 Å². The maximum absolute atomic E-state index is 12.8. The lowest BCUT2D eigenvalue weighted by Crippen LogP contribution is -2.18. The summed E-state index contributed by atoms with van der Waals surface area (Å²) in [5, 5.41) is 0. The minimum Gasteiger partial charge on any atom is -0.466 e. The number of ether oxygens (including phenoxy) is 1. The standard InChI is InChI=1S/C14H18F2O2/c1-2-18-13(17)10-12(14(15)16)9-8-11-6-4-3-5-7-11/h3-7,12,14H,2,8-10H2,1H3/t12-/m0/s1. The molecule has 0 aliphatic carbocycles. The van der Waals surface area contributed by atoms with Gasteiger partial charge in [-0.3, -0.25) is 4.79 Å². The molecule has 1 atom stereocenters. The molecular weight excluding hydrogens is 238 g/mol. The van der Waals surface area contributed by atoms with E-state index < -0.39 is 18.3 Å². The number of carbonyl (C=O) groups is 1. The third kappa shape index (κ3) is 5.25. The van der Waals surface area contributed by atoms with Crippen LogP contribution in [0.2, 0.25) is 0 Å². The van der Waals surface area contributed by atoms with Crippen LogP contribution in [0.25, 0.3) is 0 Å². The Balaban J connectivity index is 2.46. The zero-order valence-electron chi connectivity index (χ0n) is 10.4. The first-order valence-corrected chi connectivity index (χ1v) is 6.11. The molecule has 0 amide bonds. The third-order valence-electron chi connectivity index (χ3n) is 2.74. The van der Waals surface area contributed by atoms with Gasteiger partial charge in [-0.25, -0.2) is 8.78 Å². The van der Waals surface area contributed by atoms with Crippen molar-refractivity contribution in [2.24, 2.45) is 5.92 Å². The van der Waals surface area contributed by atoms with Crippen molar-refractivity contribution in [2.45, 2.75) is 32.6 Å². The molecule has 2 nitrogen and oxygen atoms in total. The molecule has 0 fully saturated rings. The Kier molecular flexibility index (Phi) is 6.33.